The number of alkyl halides is 3. The third-order valence-electron chi connectivity index (χ3n) is 15.1. The summed E-state index contributed by atoms with van der Waals surface area (Å²) in [5, 5.41) is 21.8. The highest BCUT2D eigenvalue weighted by Crippen LogP contribution is 2.42. The predicted octanol–water partition coefficient (Wildman–Crippen LogP) is 10.9. The molecule has 0 radical (unpaired) electrons. The first-order chi connectivity index (χ1) is 37.2. The average Bonchev–Trinajstić information content (AvgIpc) is 4.06. The van der Waals surface area contributed by atoms with Crippen molar-refractivity contribution in [3.8, 4) is 16.9 Å². The molecule has 1 unspecified atom stereocenters. The lowest BCUT2D eigenvalue weighted by molar-refractivity contribution is -0.137. The number of imide groups is 1. The van der Waals surface area contributed by atoms with Gasteiger partial charge in [0.15, 0.2) is 10.8 Å². The van der Waals surface area contributed by atoms with Gasteiger partial charge in [-0.2, -0.15) is 18.3 Å². The second-order valence-electron chi connectivity index (χ2n) is 20.1. The van der Waals surface area contributed by atoms with Crippen LogP contribution in [0.25, 0.3) is 32.2 Å². The minimum absolute atomic E-state index is 0.0708. The summed E-state index contributed by atoms with van der Waals surface area (Å²) in [6, 6.07) is 25.8. The number of carboxylic acid groups (broad SMARTS) is 1. The van der Waals surface area contributed by atoms with Crippen molar-refractivity contribution in [1.82, 2.24) is 30.0 Å². The Labute approximate surface area is 446 Å². The van der Waals surface area contributed by atoms with Gasteiger partial charge < -0.3 is 24.5 Å². The highest BCUT2D eigenvalue weighted by Gasteiger charge is 2.37. The van der Waals surface area contributed by atoms with Crippen molar-refractivity contribution < 1.29 is 42.2 Å². The van der Waals surface area contributed by atoms with E-state index >= 15 is 0 Å². The smallest absolute Gasteiger partial charge is 0.417 e. The Bertz CT molecular complexity index is 3460. The Morgan fingerprint density at radius 3 is 2.51 bits per heavy atom. The number of carboxylic acids is 1. The molecule has 4 aromatic carbocycles. The second kappa shape index (κ2) is 21.5. The van der Waals surface area contributed by atoms with Crippen LogP contribution in [-0.2, 0) is 35.8 Å². The van der Waals surface area contributed by atoms with Crippen molar-refractivity contribution in [3.05, 3.63) is 149 Å². The number of anilines is 3. The quantitative estimate of drug-likeness (QED) is 0.0535. The lowest BCUT2D eigenvalue weighted by Crippen LogP contribution is -2.39. The van der Waals surface area contributed by atoms with E-state index in [0.717, 1.165) is 89.3 Å². The van der Waals surface area contributed by atoms with Crippen LogP contribution in [0.3, 0.4) is 0 Å². The molecule has 19 heteroatoms. The summed E-state index contributed by atoms with van der Waals surface area (Å²) >= 11 is 1.37. The number of piperidine rings is 1. The highest BCUT2D eigenvalue weighted by atomic mass is 32.1. The monoisotopic (exact) mass is 1060 g/mol. The maximum atomic E-state index is 14.9. The Hall–Kier alpha value is -8.06. The van der Waals surface area contributed by atoms with Gasteiger partial charge in [0.1, 0.15) is 11.6 Å². The van der Waals surface area contributed by atoms with E-state index in [9.17, 15) is 37.5 Å². The fourth-order valence-corrected chi connectivity index (χ4v) is 11.9. The molecule has 1 atom stereocenters. The largest absolute Gasteiger partial charge is 0.490 e. The number of carbonyl (C=O) groups excluding carboxylic acids is 3. The molecule has 1 aliphatic carbocycles. The zero-order valence-electron chi connectivity index (χ0n) is 42.3. The van der Waals surface area contributed by atoms with Gasteiger partial charge >= 0.3 is 12.1 Å². The summed E-state index contributed by atoms with van der Waals surface area (Å²) in [6.45, 7) is 3.27. The summed E-state index contributed by atoms with van der Waals surface area (Å²) in [5.41, 5.74) is 3.58. The van der Waals surface area contributed by atoms with Gasteiger partial charge in [0.05, 0.1) is 39.0 Å². The van der Waals surface area contributed by atoms with Crippen LogP contribution in [0.4, 0.5) is 29.8 Å². The molecular formula is C58H56F3N9O6S. The molecule has 3 amide bonds. The molecule has 3 aromatic heterocycles. The highest BCUT2D eigenvalue weighted by molar-refractivity contribution is 7.22. The lowest BCUT2D eigenvalue weighted by Gasteiger charge is -2.31. The lowest BCUT2D eigenvalue weighted by atomic mass is 9.87. The van der Waals surface area contributed by atoms with E-state index in [1.54, 1.807) is 10.7 Å². The number of unbranched alkanes of at least 4 members (excludes halogenated alkanes) is 1. The number of nitrogens with zero attached hydrogens (tertiary/aromatic N) is 7. The number of thiazole rings is 1. The Balaban J connectivity index is 0.669. The molecule has 11 rings (SSSR count). The first-order valence-electron chi connectivity index (χ1n) is 26.0. The van der Waals surface area contributed by atoms with E-state index in [4.69, 9.17) is 4.74 Å². The van der Waals surface area contributed by atoms with Gasteiger partial charge in [-0.15, -0.1) is 0 Å². The number of aromatic nitrogens is 4. The maximum absolute atomic E-state index is 14.9. The first-order valence-corrected chi connectivity index (χ1v) is 26.9. The van der Waals surface area contributed by atoms with Crippen molar-refractivity contribution in [1.29, 1.82) is 0 Å². The number of hydrogen-bond donors (Lipinski definition) is 3. The molecular weight excluding hydrogens is 1010 g/mol. The Morgan fingerprint density at radius 1 is 0.896 bits per heavy atom. The number of nitrogens with one attached hydrogen (secondary N) is 2. The molecule has 3 aliphatic heterocycles. The standard InChI is InChI=1S/C58H56F3N9O6S/c1-67-48-32-37(15-19-43(48)52(66-67)44-22-24-51(71)64-55(44)73)69-30-28-68(29-31-69)26-6-2-3-8-35-13-16-38(17-14-35)76-39-18-20-40(46(33-39)58(59,60)61)41-21-23-50(63-53(41)56(74)75)70-27-25-36-9-7-10-42(45(36)34-70)54(72)65-57-62-47-11-4-5-12-49(47)77-57/h3-5,7-12,15,18-21,23,28,30,32-33,35,38,44H,2,6,13-14,16-17,22,24-27,29,31,34H2,1H3,(H,74,75)(H,62,65,72)(H,64,71,73)/b8-3+. The average molecular weight is 1060 g/mol. The summed E-state index contributed by atoms with van der Waals surface area (Å²) in [7, 11) is 1.87. The van der Waals surface area contributed by atoms with Crippen molar-refractivity contribution in [2.24, 2.45) is 13.0 Å². The molecule has 77 heavy (non-hydrogen) atoms. The van der Waals surface area contributed by atoms with Crippen LogP contribution in [0.5, 0.6) is 5.75 Å². The number of para-hydroxylation sites is 1. The Morgan fingerprint density at radius 2 is 1.73 bits per heavy atom. The molecule has 3 N–H and O–H groups in total. The molecule has 0 spiro atoms. The molecule has 6 heterocycles. The van der Waals surface area contributed by atoms with Crippen LogP contribution in [0.15, 0.2) is 116 Å². The van der Waals surface area contributed by atoms with Gasteiger partial charge in [0.2, 0.25) is 11.8 Å². The maximum Gasteiger partial charge on any atom is 0.417 e. The van der Waals surface area contributed by atoms with Crippen LogP contribution in [0.2, 0.25) is 0 Å². The van der Waals surface area contributed by atoms with Gasteiger partial charge in [0.25, 0.3) is 5.91 Å². The molecule has 1 saturated carbocycles. The summed E-state index contributed by atoms with van der Waals surface area (Å²) in [6.07, 6.45) is 9.88. The zero-order valence-corrected chi connectivity index (χ0v) is 43.1. The first kappa shape index (κ1) is 51.1. The number of carbonyl (C=O) groups is 4. The van der Waals surface area contributed by atoms with Crippen molar-refractivity contribution in [2.75, 3.05) is 41.3 Å². The number of benzene rings is 4. The van der Waals surface area contributed by atoms with Crippen LogP contribution >= 0.6 is 11.3 Å². The Kier molecular flexibility index (Phi) is 14.3. The van der Waals surface area contributed by atoms with Gasteiger partial charge in [-0.1, -0.05) is 53.8 Å². The van der Waals surface area contributed by atoms with E-state index in [-0.39, 0.29) is 53.1 Å². The number of aryl methyl sites for hydroxylation is 1. The van der Waals surface area contributed by atoms with E-state index in [1.807, 2.05) is 60.5 Å². The number of aromatic carboxylic acids is 1. The van der Waals surface area contributed by atoms with Gasteiger partial charge in [0, 0.05) is 80.8 Å². The SMILES string of the molecule is Cn1nc(C2CCC(=O)NC2=O)c2ccc(N3C=CN(CCC/C=C/C4CCC(Oc5ccc(-c6ccc(N7CCc8cccc(C(=O)Nc9nc%10ccccc%10s9)c8C7)nc6C(=O)O)c(C(F)(F)F)c5)CC4)CC3)cc21. The summed E-state index contributed by atoms with van der Waals surface area (Å²) in [5.74, 6) is -2.10. The number of ether oxygens (including phenoxy) is 1. The second-order valence-corrected chi connectivity index (χ2v) is 21.1. The third-order valence-corrected chi connectivity index (χ3v) is 16.1. The van der Waals surface area contributed by atoms with Gasteiger partial charge in [-0.3, -0.25) is 29.7 Å². The number of rotatable bonds is 14. The number of hydrogen-bond acceptors (Lipinski definition) is 12. The molecule has 7 aromatic rings. The zero-order chi connectivity index (χ0) is 53.4. The number of amides is 3. The van der Waals surface area contributed by atoms with Crippen LogP contribution in [0, 0.1) is 5.92 Å². The van der Waals surface area contributed by atoms with E-state index in [0.29, 0.717) is 61.0 Å². The minimum Gasteiger partial charge on any atom is -0.490 e. The van der Waals surface area contributed by atoms with Crippen molar-refractivity contribution in [2.45, 2.75) is 82.5 Å². The number of pyridine rings is 1. The van der Waals surface area contributed by atoms with Crippen LogP contribution in [-0.4, -0.2) is 85.7 Å². The third kappa shape index (κ3) is 11.0. The fourth-order valence-electron chi connectivity index (χ4n) is 11.1. The van der Waals surface area contributed by atoms with Crippen molar-refractivity contribution >= 4 is 72.8 Å². The molecule has 4 aliphatic rings. The van der Waals surface area contributed by atoms with Crippen LogP contribution in [0.1, 0.15) is 101 Å². The summed E-state index contributed by atoms with van der Waals surface area (Å²) < 4.78 is 53.5. The number of allylic oxidation sites excluding steroid dienone is 2. The molecule has 396 valence electrons. The molecule has 0 bridgehead atoms. The fraction of sp³-hybridized carbons (Fsp3) is 0.328. The van der Waals surface area contributed by atoms with E-state index < -0.39 is 29.3 Å². The summed E-state index contributed by atoms with van der Waals surface area (Å²) in [4.78, 5) is 66.0. The molecule has 2 fully saturated rings. The minimum atomic E-state index is -4.82. The van der Waals surface area contributed by atoms with Crippen LogP contribution < -0.4 is 25.2 Å². The molecule has 15 nitrogen and oxygen atoms in total. The number of fused-ring (bicyclic) bond motifs is 3. The topological polar surface area (TPSA) is 175 Å². The normalized spacial score (nSPS) is 19.0. The predicted molar refractivity (Wildman–Crippen MR) is 289 cm³/mol. The van der Waals surface area contributed by atoms with Gasteiger partial charge in [-0.05, 0) is 135 Å². The number of halogens is 3. The van der Waals surface area contributed by atoms with Crippen molar-refractivity contribution in [3.63, 3.8) is 0 Å². The van der Waals surface area contributed by atoms with Gasteiger partial charge in [-0.25, -0.2) is 14.8 Å². The van der Waals surface area contributed by atoms with E-state index in [1.165, 1.54) is 35.6 Å². The van der Waals surface area contributed by atoms with E-state index in [2.05, 4.69) is 66.1 Å². The molecule has 1 saturated heterocycles.